The van der Waals surface area contributed by atoms with E-state index in [0.717, 1.165) is 6.26 Å². The van der Waals surface area contributed by atoms with Crippen molar-refractivity contribution in [1.82, 2.24) is 4.90 Å². The highest BCUT2D eigenvalue weighted by Gasteiger charge is 2.51. The summed E-state index contributed by atoms with van der Waals surface area (Å²) in [5, 5.41) is 0. The number of hydrogen-bond acceptors (Lipinski definition) is 4. The fourth-order valence-corrected chi connectivity index (χ4v) is 3.70. The molecule has 0 aromatic heterocycles. The van der Waals surface area contributed by atoms with Gasteiger partial charge in [0, 0.05) is 6.26 Å². The van der Waals surface area contributed by atoms with Crippen molar-refractivity contribution in [2.45, 2.75) is 41.5 Å². The zero-order valence-electron chi connectivity index (χ0n) is 13.4. The molecule has 0 radical (unpaired) electrons. The zero-order valence-corrected chi connectivity index (χ0v) is 15.7. The molecule has 2 rings (SSSR count). The number of benzene rings is 1. The van der Waals surface area contributed by atoms with Gasteiger partial charge in [-0.05, 0) is 31.5 Å². The monoisotopic (exact) mass is 397 g/mol. The Balaban J connectivity index is 2.39. The maximum Gasteiger partial charge on any atom is 0.258 e. The minimum Gasteiger partial charge on any atom is -0.346 e. The van der Waals surface area contributed by atoms with Crippen LogP contribution in [-0.4, -0.2) is 48.8 Å². The Morgan fingerprint density at radius 2 is 1.88 bits per heavy atom. The van der Waals surface area contributed by atoms with Gasteiger partial charge in [-0.15, -0.1) is 0 Å². The van der Waals surface area contributed by atoms with Gasteiger partial charge in [-0.2, -0.15) is 0 Å². The first-order valence-corrected chi connectivity index (χ1v) is 9.90. The number of carbonyl (C=O) groups excluding carboxylic acids is 1. The molecule has 9 heteroatoms. The topological polar surface area (TPSA) is 63.7 Å². The Labute approximate surface area is 150 Å². The van der Waals surface area contributed by atoms with E-state index < -0.39 is 45.1 Å². The van der Waals surface area contributed by atoms with Crippen LogP contribution in [0.25, 0.3) is 0 Å². The average molecular weight is 398 g/mol. The highest BCUT2D eigenvalue weighted by Crippen LogP contribution is 2.42. The van der Waals surface area contributed by atoms with Gasteiger partial charge in [0.05, 0.1) is 10.9 Å². The number of rotatable bonds is 4. The lowest BCUT2D eigenvalue weighted by molar-refractivity contribution is -0.145. The van der Waals surface area contributed by atoms with Crippen molar-refractivity contribution in [1.29, 1.82) is 0 Å². The summed E-state index contributed by atoms with van der Waals surface area (Å²) in [4.78, 5) is 12.3. The highest BCUT2D eigenvalue weighted by molar-refractivity contribution is 7.90. The summed E-state index contributed by atoms with van der Waals surface area (Å²) in [6, 6.07) is 5.04. The van der Waals surface area contributed by atoms with Crippen LogP contribution in [0.15, 0.2) is 29.2 Å². The van der Waals surface area contributed by atoms with Gasteiger partial charge in [0.2, 0.25) is 0 Å². The smallest absolute Gasteiger partial charge is 0.258 e. The average Bonchev–Trinajstić information content (AvgIpc) is 2.76. The second kappa shape index (κ2) is 6.78. The van der Waals surface area contributed by atoms with Crippen LogP contribution < -0.4 is 0 Å². The molecule has 1 aromatic carbocycles. The molecular weight excluding hydrogens is 380 g/mol. The lowest BCUT2D eigenvalue weighted by Crippen LogP contribution is -2.50. The summed E-state index contributed by atoms with van der Waals surface area (Å²) >= 11 is 11.3. The van der Waals surface area contributed by atoms with Crippen LogP contribution in [0.5, 0.6) is 0 Å². The van der Waals surface area contributed by atoms with E-state index in [4.69, 9.17) is 27.9 Å². The van der Waals surface area contributed by atoms with E-state index in [9.17, 15) is 17.6 Å². The quantitative estimate of drug-likeness (QED) is 0.732. The summed E-state index contributed by atoms with van der Waals surface area (Å²) in [7, 11) is -3.33. The zero-order chi connectivity index (χ0) is 18.3. The number of sulfone groups is 1. The first-order valence-electron chi connectivity index (χ1n) is 7.14. The van der Waals surface area contributed by atoms with Crippen LogP contribution in [0.4, 0.5) is 4.39 Å². The van der Waals surface area contributed by atoms with E-state index >= 15 is 0 Å². The van der Waals surface area contributed by atoms with Gasteiger partial charge in [0.1, 0.15) is 18.5 Å². The number of halogens is 3. The van der Waals surface area contributed by atoms with E-state index in [1.54, 1.807) is 26.0 Å². The standard InChI is InChI=1S/C15H18Cl2FNO4S/c1-15(2)19(14(20)13(16)17)11(8-18)12(23-15)9-4-6-10(7-5-9)24(3,21)22/h4-7,11-13H,8H2,1-3H3/t11-,12-/m1/s1. The molecule has 24 heavy (non-hydrogen) atoms. The third-order valence-corrected chi connectivity index (χ3v) is 5.40. The summed E-state index contributed by atoms with van der Waals surface area (Å²) in [6.07, 6.45) is 0.345. The van der Waals surface area contributed by atoms with Crippen molar-refractivity contribution in [3.05, 3.63) is 29.8 Å². The second-order valence-electron chi connectivity index (χ2n) is 6.06. The molecule has 1 heterocycles. The molecule has 0 spiro atoms. The Kier molecular flexibility index (Phi) is 5.49. The number of nitrogens with zero attached hydrogens (tertiary/aromatic N) is 1. The van der Waals surface area contributed by atoms with Gasteiger partial charge in [0.15, 0.2) is 14.7 Å². The van der Waals surface area contributed by atoms with Crippen molar-refractivity contribution < 1.29 is 22.3 Å². The van der Waals surface area contributed by atoms with Crippen LogP contribution >= 0.6 is 23.2 Å². The molecule has 0 N–H and O–H groups in total. The van der Waals surface area contributed by atoms with Crippen LogP contribution in [0.3, 0.4) is 0 Å². The number of ether oxygens (including phenoxy) is 1. The third kappa shape index (κ3) is 3.69. The molecule has 1 amide bonds. The Bertz CT molecular complexity index is 721. The van der Waals surface area contributed by atoms with Gasteiger partial charge in [-0.1, -0.05) is 35.3 Å². The maximum absolute atomic E-state index is 13.7. The van der Waals surface area contributed by atoms with Crippen molar-refractivity contribution in [2.24, 2.45) is 0 Å². The Morgan fingerprint density at radius 1 is 1.33 bits per heavy atom. The number of amides is 1. The SMILES string of the molecule is CC1(C)O[C@H](c2ccc(S(C)(=O)=O)cc2)[C@@H](CF)N1C(=O)C(Cl)Cl. The third-order valence-electron chi connectivity index (χ3n) is 3.90. The fourth-order valence-electron chi connectivity index (χ4n) is 2.86. The lowest BCUT2D eigenvalue weighted by Gasteiger charge is -2.33. The van der Waals surface area contributed by atoms with Crippen LogP contribution in [0.1, 0.15) is 25.5 Å². The second-order valence-corrected chi connectivity index (χ2v) is 9.17. The first-order chi connectivity index (χ1) is 11.0. The minimum atomic E-state index is -3.33. The summed E-state index contributed by atoms with van der Waals surface area (Å²) in [6.45, 7) is 2.39. The molecule has 2 atom stereocenters. The van der Waals surface area contributed by atoms with Gasteiger partial charge >= 0.3 is 0 Å². The molecule has 0 saturated carbocycles. The summed E-state index contributed by atoms with van der Waals surface area (Å²) < 4.78 is 42.6. The van der Waals surface area contributed by atoms with E-state index in [-0.39, 0.29) is 4.90 Å². The first kappa shape index (κ1) is 19.4. The van der Waals surface area contributed by atoms with Gasteiger partial charge in [-0.25, -0.2) is 12.8 Å². The van der Waals surface area contributed by atoms with E-state index in [2.05, 4.69) is 0 Å². The summed E-state index contributed by atoms with van der Waals surface area (Å²) in [5.74, 6) is -0.638. The molecule has 0 unspecified atom stereocenters. The van der Waals surface area contributed by atoms with Crippen LogP contribution in [-0.2, 0) is 19.4 Å². The molecule has 1 aliphatic rings. The van der Waals surface area contributed by atoms with Crippen molar-refractivity contribution in [3.63, 3.8) is 0 Å². The molecule has 1 fully saturated rings. The lowest BCUT2D eigenvalue weighted by atomic mass is 10.0. The molecule has 0 aliphatic carbocycles. The van der Waals surface area contributed by atoms with E-state index in [1.165, 1.54) is 17.0 Å². The van der Waals surface area contributed by atoms with Crippen molar-refractivity contribution >= 4 is 38.9 Å². The van der Waals surface area contributed by atoms with Crippen molar-refractivity contribution in [2.75, 3.05) is 12.9 Å². The number of hydrogen-bond donors (Lipinski definition) is 0. The highest BCUT2D eigenvalue weighted by atomic mass is 35.5. The van der Waals surface area contributed by atoms with Gasteiger partial charge in [-0.3, -0.25) is 4.79 Å². The largest absolute Gasteiger partial charge is 0.346 e. The molecule has 1 aliphatic heterocycles. The molecular formula is C15H18Cl2FNO4S. The van der Waals surface area contributed by atoms with E-state index in [1.807, 2.05) is 0 Å². The number of carbonyl (C=O) groups is 1. The molecule has 5 nitrogen and oxygen atoms in total. The molecule has 134 valence electrons. The van der Waals surface area contributed by atoms with Crippen LogP contribution in [0.2, 0.25) is 0 Å². The normalized spacial score (nSPS) is 23.7. The minimum absolute atomic E-state index is 0.148. The van der Waals surface area contributed by atoms with E-state index in [0.29, 0.717) is 5.56 Å². The number of alkyl halides is 3. The van der Waals surface area contributed by atoms with Gasteiger partial charge in [0.25, 0.3) is 5.91 Å². The Hall–Kier alpha value is -0.890. The van der Waals surface area contributed by atoms with Crippen LogP contribution in [0, 0.1) is 0 Å². The predicted octanol–water partition coefficient (Wildman–Crippen LogP) is 2.87. The fraction of sp³-hybridized carbons (Fsp3) is 0.533. The molecule has 1 saturated heterocycles. The maximum atomic E-state index is 13.7. The molecule has 0 bridgehead atoms. The predicted molar refractivity (Wildman–Crippen MR) is 89.6 cm³/mol. The summed E-state index contributed by atoms with van der Waals surface area (Å²) in [5.41, 5.74) is -0.537. The van der Waals surface area contributed by atoms with Gasteiger partial charge < -0.3 is 9.64 Å². The molecule has 1 aromatic rings. The van der Waals surface area contributed by atoms with Crippen molar-refractivity contribution in [3.8, 4) is 0 Å². The Morgan fingerprint density at radius 3 is 2.29 bits per heavy atom.